The van der Waals surface area contributed by atoms with Gasteiger partial charge in [0.15, 0.2) is 0 Å². The first-order valence-corrected chi connectivity index (χ1v) is 6.80. The quantitative estimate of drug-likeness (QED) is 0.708. The highest BCUT2D eigenvalue weighted by Crippen LogP contribution is 2.14. The summed E-state index contributed by atoms with van der Waals surface area (Å²) in [6, 6.07) is 0.391. The van der Waals surface area contributed by atoms with Crippen molar-refractivity contribution >= 4 is 5.91 Å². The molecule has 0 aliphatic carbocycles. The van der Waals surface area contributed by atoms with Crippen molar-refractivity contribution in [3.8, 4) is 0 Å². The first kappa shape index (κ1) is 16.2. The number of carbonyl (C=O) groups is 1. The SMILES string of the molecule is C/C=C/C(=O)N(C)C1CCCN(CC)C1.CC. The van der Waals surface area contributed by atoms with Gasteiger partial charge in [0.25, 0.3) is 0 Å². The van der Waals surface area contributed by atoms with Gasteiger partial charge in [-0.25, -0.2) is 0 Å². The van der Waals surface area contributed by atoms with Crippen molar-refractivity contribution in [1.82, 2.24) is 9.80 Å². The monoisotopic (exact) mass is 240 g/mol. The molecule has 0 spiro atoms. The van der Waals surface area contributed by atoms with Crippen LogP contribution in [0.2, 0.25) is 0 Å². The van der Waals surface area contributed by atoms with Crippen LogP contribution in [0, 0.1) is 0 Å². The highest BCUT2D eigenvalue weighted by Gasteiger charge is 2.23. The molecule has 1 saturated heterocycles. The largest absolute Gasteiger partial charge is 0.338 e. The van der Waals surface area contributed by atoms with Gasteiger partial charge in [-0.05, 0) is 38.9 Å². The van der Waals surface area contributed by atoms with Gasteiger partial charge in [-0.15, -0.1) is 0 Å². The highest BCUT2D eigenvalue weighted by molar-refractivity contribution is 5.87. The van der Waals surface area contributed by atoms with Crippen LogP contribution in [0.25, 0.3) is 0 Å². The number of nitrogens with zero attached hydrogens (tertiary/aromatic N) is 2. The summed E-state index contributed by atoms with van der Waals surface area (Å²) in [6.07, 6.45) is 5.78. The molecule has 0 saturated carbocycles. The van der Waals surface area contributed by atoms with Gasteiger partial charge in [0, 0.05) is 19.6 Å². The van der Waals surface area contributed by atoms with Gasteiger partial charge < -0.3 is 9.80 Å². The molecule has 1 heterocycles. The van der Waals surface area contributed by atoms with E-state index in [1.165, 1.54) is 13.0 Å². The van der Waals surface area contributed by atoms with E-state index in [0.717, 1.165) is 19.5 Å². The van der Waals surface area contributed by atoms with Crippen LogP contribution in [0.3, 0.4) is 0 Å². The normalized spacial score (nSPS) is 20.9. The maximum atomic E-state index is 11.7. The average Bonchev–Trinajstić information content (AvgIpc) is 2.40. The summed E-state index contributed by atoms with van der Waals surface area (Å²) >= 11 is 0. The first-order valence-electron chi connectivity index (χ1n) is 6.80. The molecule has 1 aliphatic rings. The number of allylic oxidation sites excluding steroid dienone is 1. The fraction of sp³-hybridized carbons (Fsp3) is 0.786. The minimum Gasteiger partial charge on any atom is -0.338 e. The van der Waals surface area contributed by atoms with Crippen LogP contribution in [0.4, 0.5) is 0 Å². The molecular formula is C14H28N2O. The summed E-state index contributed by atoms with van der Waals surface area (Å²) in [6.45, 7) is 11.3. The second-order valence-corrected chi connectivity index (χ2v) is 4.14. The summed E-state index contributed by atoms with van der Waals surface area (Å²) in [5.41, 5.74) is 0. The van der Waals surface area contributed by atoms with Gasteiger partial charge in [0.05, 0.1) is 0 Å². The molecule has 0 radical (unpaired) electrons. The lowest BCUT2D eigenvalue weighted by atomic mass is 10.0. The molecule has 0 bridgehead atoms. The first-order chi connectivity index (χ1) is 8.19. The van der Waals surface area contributed by atoms with Crippen molar-refractivity contribution in [3.63, 3.8) is 0 Å². The topological polar surface area (TPSA) is 23.6 Å². The van der Waals surface area contributed by atoms with E-state index < -0.39 is 0 Å². The molecule has 100 valence electrons. The van der Waals surface area contributed by atoms with Gasteiger partial charge >= 0.3 is 0 Å². The van der Waals surface area contributed by atoms with E-state index in [0.29, 0.717) is 6.04 Å². The molecule has 3 heteroatoms. The van der Waals surface area contributed by atoms with Gasteiger partial charge in [0.2, 0.25) is 5.91 Å². The van der Waals surface area contributed by atoms with Crippen molar-refractivity contribution in [2.24, 2.45) is 0 Å². The van der Waals surface area contributed by atoms with Gasteiger partial charge in [0.1, 0.15) is 0 Å². The fourth-order valence-electron chi connectivity index (χ4n) is 2.07. The van der Waals surface area contributed by atoms with E-state index in [9.17, 15) is 4.79 Å². The number of hydrogen-bond acceptors (Lipinski definition) is 2. The Bertz CT molecular complexity index is 238. The molecule has 0 aromatic carbocycles. The zero-order chi connectivity index (χ0) is 13.3. The molecule has 17 heavy (non-hydrogen) atoms. The highest BCUT2D eigenvalue weighted by atomic mass is 16.2. The van der Waals surface area contributed by atoms with Gasteiger partial charge in [-0.2, -0.15) is 0 Å². The third-order valence-electron chi connectivity index (χ3n) is 3.13. The summed E-state index contributed by atoms with van der Waals surface area (Å²) in [7, 11) is 1.91. The molecule has 1 fully saturated rings. The molecule has 0 N–H and O–H groups in total. The van der Waals surface area contributed by atoms with Crippen LogP contribution in [-0.4, -0.2) is 48.4 Å². The van der Waals surface area contributed by atoms with Gasteiger partial charge in [-0.1, -0.05) is 26.8 Å². The molecule has 3 nitrogen and oxygen atoms in total. The lowest BCUT2D eigenvalue weighted by Gasteiger charge is -2.36. The summed E-state index contributed by atoms with van der Waals surface area (Å²) in [4.78, 5) is 15.9. The molecular weight excluding hydrogens is 212 g/mol. The van der Waals surface area contributed by atoms with E-state index in [4.69, 9.17) is 0 Å². The fourth-order valence-corrected chi connectivity index (χ4v) is 2.07. The third-order valence-corrected chi connectivity index (χ3v) is 3.13. The van der Waals surface area contributed by atoms with E-state index in [1.807, 2.05) is 32.7 Å². The zero-order valence-electron chi connectivity index (χ0n) is 12.1. The molecule has 0 aromatic rings. The smallest absolute Gasteiger partial charge is 0.246 e. The molecule has 1 atom stereocenters. The maximum absolute atomic E-state index is 11.7. The molecule has 0 aromatic heterocycles. The van der Waals surface area contributed by atoms with Crippen LogP contribution in [0.15, 0.2) is 12.2 Å². The lowest BCUT2D eigenvalue weighted by Crippen LogP contribution is -2.48. The Hall–Kier alpha value is -0.830. The lowest BCUT2D eigenvalue weighted by molar-refractivity contribution is -0.127. The van der Waals surface area contributed by atoms with Crippen LogP contribution < -0.4 is 0 Å². The Balaban J connectivity index is 0.00000121. The number of amides is 1. The third kappa shape index (κ3) is 5.35. The summed E-state index contributed by atoms with van der Waals surface area (Å²) in [5, 5.41) is 0. The predicted molar refractivity (Wildman–Crippen MR) is 74.1 cm³/mol. The standard InChI is InChI=1S/C12H22N2O.C2H6/c1-4-7-12(15)13(3)11-8-6-9-14(5-2)10-11;1-2/h4,7,11H,5-6,8-10H2,1-3H3;1-2H3/b7-4+;. The van der Waals surface area contributed by atoms with Crippen molar-refractivity contribution in [3.05, 3.63) is 12.2 Å². The van der Waals surface area contributed by atoms with Crippen LogP contribution in [0.5, 0.6) is 0 Å². The Labute approximate surface area is 106 Å². The Morgan fingerprint density at radius 3 is 2.65 bits per heavy atom. The van der Waals surface area contributed by atoms with Crippen molar-refractivity contribution < 1.29 is 4.79 Å². The van der Waals surface area contributed by atoms with Crippen molar-refractivity contribution in [2.45, 2.75) is 46.6 Å². The van der Waals surface area contributed by atoms with Crippen molar-refractivity contribution in [2.75, 3.05) is 26.7 Å². The number of likely N-dealkylation sites (N-methyl/N-ethyl adjacent to an activating group) is 2. The zero-order valence-corrected chi connectivity index (χ0v) is 12.1. The molecule has 1 aliphatic heterocycles. The minimum absolute atomic E-state index is 0.125. The average molecular weight is 240 g/mol. The van der Waals surface area contributed by atoms with E-state index in [-0.39, 0.29) is 5.91 Å². The second-order valence-electron chi connectivity index (χ2n) is 4.14. The number of piperidine rings is 1. The number of likely N-dealkylation sites (tertiary alicyclic amines) is 1. The number of hydrogen-bond donors (Lipinski definition) is 0. The Kier molecular flexibility index (Phi) is 8.78. The van der Waals surface area contributed by atoms with Crippen LogP contribution in [0.1, 0.15) is 40.5 Å². The number of rotatable bonds is 3. The van der Waals surface area contributed by atoms with Crippen LogP contribution in [-0.2, 0) is 4.79 Å². The van der Waals surface area contributed by atoms with E-state index in [2.05, 4.69) is 11.8 Å². The van der Waals surface area contributed by atoms with Crippen molar-refractivity contribution in [1.29, 1.82) is 0 Å². The minimum atomic E-state index is 0.125. The number of carbonyl (C=O) groups excluding carboxylic acids is 1. The van der Waals surface area contributed by atoms with Gasteiger partial charge in [-0.3, -0.25) is 4.79 Å². The van der Waals surface area contributed by atoms with Crippen LogP contribution >= 0.6 is 0 Å². The predicted octanol–water partition coefficient (Wildman–Crippen LogP) is 2.53. The summed E-state index contributed by atoms with van der Waals surface area (Å²) in [5.74, 6) is 0.125. The molecule has 1 amide bonds. The molecule has 1 rings (SSSR count). The Morgan fingerprint density at radius 1 is 1.47 bits per heavy atom. The molecule has 1 unspecified atom stereocenters. The Morgan fingerprint density at radius 2 is 2.12 bits per heavy atom. The maximum Gasteiger partial charge on any atom is 0.246 e. The second kappa shape index (κ2) is 9.23. The van der Waals surface area contributed by atoms with E-state index >= 15 is 0 Å². The van der Waals surface area contributed by atoms with E-state index in [1.54, 1.807) is 12.2 Å². The summed E-state index contributed by atoms with van der Waals surface area (Å²) < 4.78 is 0.